The fraction of sp³-hybridized carbons (Fsp3) is 0.417. The number of carbonyl (C=O) groups is 1. The quantitative estimate of drug-likeness (QED) is 0.733. The van der Waals surface area contributed by atoms with E-state index in [1.54, 1.807) is 38.2 Å². The molecule has 0 aliphatic heterocycles. The second-order valence-corrected chi connectivity index (χ2v) is 3.46. The van der Waals surface area contributed by atoms with Gasteiger partial charge in [-0.25, -0.2) is 0 Å². The van der Waals surface area contributed by atoms with Crippen LogP contribution in [-0.4, -0.2) is 30.8 Å². The highest BCUT2D eigenvalue weighted by Crippen LogP contribution is 2.11. The summed E-state index contributed by atoms with van der Waals surface area (Å²) < 4.78 is 4.94. The normalized spacial score (nSPS) is 12.1. The van der Waals surface area contributed by atoms with Gasteiger partial charge in [-0.2, -0.15) is 0 Å². The molecule has 0 heterocycles. The van der Waals surface area contributed by atoms with Crippen molar-refractivity contribution < 1.29 is 14.6 Å². The van der Waals surface area contributed by atoms with Crippen LogP contribution >= 0.6 is 0 Å². The Labute approximate surface area is 95.2 Å². The van der Waals surface area contributed by atoms with Gasteiger partial charge in [0.2, 0.25) is 0 Å². The monoisotopic (exact) mass is 223 g/mol. The fourth-order valence-electron chi connectivity index (χ4n) is 1.41. The smallest absolute Gasteiger partial charge is 0.323 e. The third-order valence-corrected chi connectivity index (χ3v) is 2.30. The average Bonchev–Trinajstić information content (AvgIpc) is 2.28. The van der Waals surface area contributed by atoms with E-state index in [4.69, 9.17) is 9.84 Å². The van der Waals surface area contributed by atoms with E-state index in [-0.39, 0.29) is 17.8 Å². The van der Waals surface area contributed by atoms with Gasteiger partial charge in [-0.1, -0.05) is 12.1 Å². The summed E-state index contributed by atoms with van der Waals surface area (Å²) in [5.74, 6) is -0.0287. The van der Waals surface area contributed by atoms with Crippen LogP contribution in [0, 0.1) is 0 Å². The van der Waals surface area contributed by atoms with E-state index in [0.29, 0.717) is 13.0 Å². The molecule has 0 spiro atoms. The molecule has 4 heteroatoms. The van der Waals surface area contributed by atoms with Gasteiger partial charge >= 0.3 is 5.97 Å². The first-order valence-electron chi connectivity index (χ1n) is 5.29. The van der Waals surface area contributed by atoms with Crippen LogP contribution in [0.15, 0.2) is 24.3 Å². The molecule has 0 aliphatic rings. The van der Waals surface area contributed by atoms with Crippen LogP contribution in [0.25, 0.3) is 0 Å². The number of phenols is 1. The summed E-state index contributed by atoms with van der Waals surface area (Å²) in [4.78, 5) is 11.5. The van der Waals surface area contributed by atoms with Crippen LogP contribution < -0.4 is 5.32 Å². The number of phenolic OH excluding ortho intramolecular Hbond substituents is 1. The van der Waals surface area contributed by atoms with Gasteiger partial charge in [0, 0.05) is 0 Å². The van der Waals surface area contributed by atoms with Crippen molar-refractivity contribution in [1.82, 2.24) is 5.32 Å². The summed E-state index contributed by atoms with van der Waals surface area (Å²) in [6.07, 6.45) is 0.551. The molecule has 0 aromatic heterocycles. The zero-order chi connectivity index (χ0) is 12.0. The highest BCUT2D eigenvalue weighted by Gasteiger charge is 2.17. The number of likely N-dealkylation sites (N-methyl/N-ethyl adjacent to an activating group) is 1. The molecular weight excluding hydrogens is 206 g/mol. The molecule has 2 N–H and O–H groups in total. The van der Waals surface area contributed by atoms with Gasteiger partial charge in [0.25, 0.3) is 0 Å². The third-order valence-electron chi connectivity index (χ3n) is 2.30. The zero-order valence-corrected chi connectivity index (χ0v) is 9.56. The summed E-state index contributed by atoms with van der Waals surface area (Å²) in [7, 11) is 1.72. The largest absolute Gasteiger partial charge is 0.508 e. The molecule has 4 nitrogen and oxygen atoms in total. The molecular formula is C12H17NO3. The molecule has 1 aromatic rings. The summed E-state index contributed by atoms with van der Waals surface area (Å²) in [6, 6.07) is 6.45. The van der Waals surface area contributed by atoms with Gasteiger partial charge in [0.15, 0.2) is 0 Å². The average molecular weight is 223 g/mol. The molecule has 88 valence electrons. The number of nitrogens with one attached hydrogen (secondary N) is 1. The molecule has 1 aromatic carbocycles. The van der Waals surface area contributed by atoms with Gasteiger partial charge in [-0.05, 0) is 38.1 Å². The summed E-state index contributed by atoms with van der Waals surface area (Å²) >= 11 is 0. The van der Waals surface area contributed by atoms with E-state index in [0.717, 1.165) is 5.56 Å². The van der Waals surface area contributed by atoms with E-state index >= 15 is 0 Å². The van der Waals surface area contributed by atoms with Crippen LogP contribution in [0.3, 0.4) is 0 Å². The molecule has 0 saturated carbocycles. The first-order valence-corrected chi connectivity index (χ1v) is 5.29. The predicted octanol–water partition coefficient (Wildman–Crippen LogP) is 1.09. The minimum Gasteiger partial charge on any atom is -0.508 e. The fourth-order valence-corrected chi connectivity index (χ4v) is 1.41. The minimum atomic E-state index is -0.343. The standard InChI is InChI=1S/C12H17NO3/c1-3-16-12(15)11(13-2)8-9-4-6-10(14)7-5-9/h4-7,11,13-14H,3,8H2,1-2H3. The van der Waals surface area contributed by atoms with Crippen LogP contribution in [0.4, 0.5) is 0 Å². The number of hydrogen-bond donors (Lipinski definition) is 2. The molecule has 1 rings (SSSR count). The molecule has 0 bridgehead atoms. The van der Waals surface area contributed by atoms with Crippen molar-refractivity contribution in [3.8, 4) is 5.75 Å². The Morgan fingerprint density at radius 2 is 2.06 bits per heavy atom. The lowest BCUT2D eigenvalue weighted by Crippen LogP contribution is -2.37. The first-order chi connectivity index (χ1) is 7.67. The minimum absolute atomic E-state index is 0.223. The number of esters is 1. The summed E-state index contributed by atoms with van der Waals surface area (Å²) in [5.41, 5.74) is 0.977. The number of ether oxygens (including phenoxy) is 1. The number of rotatable bonds is 5. The Morgan fingerprint density at radius 1 is 1.44 bits per heavy atom. The highest BCUT2D eigenvalue weighted by atomic mass is 16.5. The topological polar surface area (TPSA) is 58.6 Å². The number of benzene rings is 1. The summed E-state index contributed by atoms with van der Waals surface area (Å²) in [5, 5.41) is 12.0. The van der Waals surface area contributed by atoms with Gasteiger partial charge in [-0.3, -0.25) is 4.79 Å². The van der Waals surface area contributed by atoms with Crippen LogP contribution in [0.5, 0.6) is 5.75 Å². The Morgan fingerprint density at radius 3 is 2.56 bits per heavy atom. The second-order valence-electron chi connectivity index (χ2n) is 3.46. The molecule has 0 aliphatic carbocycles. The van der Waals surface area contributed by atoms with E-state index < -0.39 is 0 Å². The SMILES string of the molecule is CCOC(=O)C(Cc1ccc(O)cc1)NC. The maximum absolute atomic E-state index is 11.5. The molecule has 0 saturated heterocycles. The lowest BCUT2D eigenvalue weighted by Gasteiger charge is -2.14. The van der Waals surface area contributed by atoms with Crippen molar-refractivity contribution in [2.75, 3.05) is 13.7 Å². The summed E-state index contributed by atoms with van der Waals surface area (Å²) in [6.45, 7) is 2.16. The van der Waals surface area contributed by atoms with Crippen molar-refractivity contribution in [2.45, 2.75) is 19.4 Å². The Balaban J connectivity index is 2.62. The van der Waals surface area contributed by atoms with E-state index in [1.807, 2.05) is 0 Å². The molecule has 0 amide bonds. The van der Waals surface area contributed by atoms with Gasteiger partial charge < -0.3 is 15.2 Å². The van der Waals surface area contributed by atoms with Crippen LogP contribution in [-0.2, 0) is 16.0 Å². The number of aromatic hydroxyl groups is 1. The molecule has 0 fully saturated rings. The van der Waals surface area contributed by atoms with E-state index in [9.17, 15) is 4.79 Å². The third kappa shape index (κ3) is 3.55. The highest BCUT2D eigenvalue weighted by molar-refractivity contribution is 5.76. The molecule has 1 unspecified atom stereocenters. The second kappa shape index (κ2) is 6.12. The van der Waals surface area contributed by atoms with Crippen LogP contribution in [0.1, 0.15) is 12.5 Å². The Bertz CT molecular complexity index is 335. The lowest BCUT2D eigenvalue weighted by atomic mass is 10.1. The van der Waals surface area contributed by atoms with Gasteiger partial charge in [-0.15, -0.1) is 0 Å². The Kier molecular flexibility index (Phi) is 4.79. The van der Waals surface area contributed by atoms with E-state index in [2.05, 4.69) is 5.32 Å². The van der Waals surface area contributed by atoms with Gasteiger partial charge in [0.1, 0.15) is 11.8 Å². The Hall–Kier alpha value is -1.55. The van der Waals surface area contributed by atoms with E-state index in [1.165, 1.54) is 0 Å². The van der Waals surface area contributed by atoms with Gasteiger partial charge in [0.05, 0.1) is 6.61 Å². The maximum Gasteiger partial charge on any atom is 0.323 e. The van der Waals surface area contributed by atoms with Crippen LogP contribution in [0.2, 0.25) is 0 Å². The van der Waals surface area contributed by atoms with Crippen molar-refractivity contribution in [2.24, 2.45) is 0 Å². The van der Waals surface area contributed by atoms with Crippen molar-refractivity contribution in [3.05, 3.63) is 29.8 Å². The van der Waals surface area contributed by atoms with Crippen molar-refractivity contribution in [3.63, 3.8) is 0 Å². The lowest BCUT2D eigenvalue weighted by molar-refractivity contribution is -0.145. The maximum atomic E-state index is 11.5. The van der Waals surface area contributed by atoms with Crippen molar-refractivity contribution >= 4 is 5.97 Å². The van der Waals surface area contributed by atoms with Crippen molar-refractivity contribution in [1.29, 1.82) is 0 Å². The zero-order valence-electron chi connectivity index (χ0n) is 9.56. The predicted molar refractivity (Wildman–Crippen MR) is 61.3 cm³/mol. The molecule has 0 radical (unpaired) electrons. The molecule has 16 heavy (non-hydrogen) atoms. The molecule has 1 atom stereocenters. The number of carbonyl (C=O) groups excluding carboxylic acids is 1. The first kappa shape index (κ1) is 12.5. The number of hydrogen-bond acceptors (Lipinski definition) is 4.